The van der Waals surface area contributed by atoms with Crippen LogP contribution in [0.5, 0.6) is 11.6 Å². The normalized spacial score (nSPS) is 13.4. The first-order chi connectivity index (χ1) is 9.26. The van der Waals surface area contributed by atoms with Crippen LogP contribution in [0.25, 0.3) is 0 Å². The van der Waals surface area contributed by atoms with Crippen molar-refractivity contribution in [2.24, 2.45) is 0 Å². The lowest BCUT2D eigenvalue weighted by molar-refractivity contribution is 0.457. The molecule has 0 spiro atoms. The quantitative estimate of drug-likeness (QED) is 0.745. The number of benzene rings is 1. The molecule has 1 aliphatic carbocycles. The Balaban J connectivity index is 1.89. The highest BCUT2D eigenvalue weighted by molar-refractivity contribution is 9.10. The average Bonchev–Trinajstić information content (AvgIpc) is 2.88. The lowest BCUT2D eigenvalue weighted by Crippen LogP contribution is -1.94. The number of aromatic nitrogens is 1. The van der Waals surface area contributed by atoms with Gasteiger partial charge in [-0.25, -0.2) is 4.98 Å². The van der Waals surface area contributed by atoms with Gasteiger partial charge in [0.05, 0.1) is 5.88 Å². The molecule has 0 N–H and O–H groups in total. The molecule has 0 aliphatic heterocycles. The summed E-state index contributed by atoms with van der Waals surface area (Å²) in [4.78, 5) is 4.28. The molecule has 1 aromatic heterocycles. The van der Waals surface area contributed by atoms with E-state index in [-0.39, 0.29) is 0 Å². The number of hydrogen-bond donors (Lipinski definition) is 0. The standard InChI is InChI=1S/C15H13BrClNO/c16-13-6-12(8-17)15(18-9-13)19-14-5-4-10-2-1-3-11(10)7-14/h4-7,9H,1-3,8H2. The van der Waals surface area contributed by atoms with Crippen LogP contribution in [0.15, 0.2) is 34.9 Å². The lowest BCUT2D eigenvalue weighted by atomic mass is 10.1. The highest BCUT2D eigenvalue weighted by Crippen LogP contribution is 2.30. The number of ether oxygens (including phenoxy) is 1. The number of alkyl halides is 1. The van der Waals surface area contributed by atoms with Gasteiger partial charge in [0.15, 0.2) is 0 Å². The van der Waals surface area contributed by atoms with Gasteiger partial charge in [-0.1, -0.05) is 6.07 Å². The van der Waals surface area contributed by atoms with Gasteiger partial charge in [-0.05, 0) is 64.5 Å². The fourth-order valence-electron chi connectivity index (χ4n) is 2.38. The molecule has 0 atom stereocenters. The highest BCUT2D eigenvalue weighted by atomic mass is 79.9. The van der Waals surface area contributed by atoms with Crippen LogP contribution >= 0.6 is 27.5 Å². The highest BCUT2D eigenvalue weighted by Gasteiger charge is 2.13. The van der Waals surface area contributed by atoms with E-state index < -0.39 is 0 Å². The van der Waals surface area contributed by atoms with Crippen molar-refractivity contribution in [1.82, 2.24) is 4.98 Å². The van der Waals surface area contributed by atoms with Crippen molar-refractivity contribution in [2.75, 3.05) is 0 Å². The third-order valence-corrected chi connectivity index (χ3v) is 4.04. The first kappa shape index (κ1) is 12.9. The largest absolute Gasteiger partial charge is 0.439 e. The molecule has 1 aliphatic rings. The van der Waals surface area contributed by atoms with Crippen LogP contribution < -0.4 is 4.74 Å². The number of rotatable bonds is 3. The lowest BCUT2D eigenvalue weighted by Gasteiger charge is -2.10. The fourth-order valence-corrected chi connectivity index (χ4v) is 2.95. The molecular weight excluding hydrogens is 326 g/mol. The number of hydrogen-bond acceptors (Lipinski definition) is 2. The van der Waals surface area contributed by atoms with E-state index in [1.165, 1.54) is 24.0 Å². The first-order valence-corrected chi connectivity index (χ1v) is 7.59. The van der Waals surface area contributed by atoms with Gasteiger partial charge in [-0.2, -0.15) is 0 Å². The van der Waals surface area contributed by atoms with E-state index in [9.17, 15) is 0 Å². The smallest absolute Gasteiger partial charge is 0.223 e. The van der Waals surface area contributed by atoms with Gasteiger partial charge in [-0.15, -0.1) is 11.6 Å². The molecule has 3 rings (SSSR count). The van der Waals surface area contributed by atoms with Crippen molar-refractivity contribution in [2.45, 2.75) is 25.1 Å². The Morgan fingerprint density at radius 3 is 2.89 bits per heavy atom. The Bertz CT molecular complexity index is 615. The summed E-state index contributed by atoms with van der Waals surface area (Å²) in [7, 11) is 0. The Morgan fingerprint density at radius 2 is 2.05 bits per heavy atom. The third-order valence-electron chi connectivity index (χ3n) is 3.32. The van der Waals surface area contributed by atoms with Crippen LogP contribution in [0, 0.1) is 0 Å². The Kier molecular flexibility index (Phi) is 3.76. The van der Waals surface area contributed by atoms with Gasteiger partial charge in [0.25, 0.3) is 0 Å². The van der Waals surface area contributed by atoms with Crippen molar-refractivity contribution in [3.05, 3.63) is 51.6 Å². The monoisotopic (exact) mass is 337 g/mol. The minimum absolute atomic E-state index is 0.382. The predicted molar refractivity (Wildman–Crippen MR) is 80.0 cm³/mol. The van der Waals surface area contributed by atoms with E-state index in [2.05, 4.69) is 33.0 Å². The summed E-state index contributed by atoms with van der Waals surface area (Å²) in [5, 5.41) is 0. The molecule has 2 nitrogen and oxygen atoms in total. The van der Waals surface area contributed by atoms with Crippen LogP contribution in [0.2, 0.25) is 0 Å². The second-order valence-corrected chi connectivity index (χ2v) is 5.82. The molecule has 1 heterocycles. The van der Waals surface area contributed by atoms with Crippen molar-refractivity contribution >= 4 is 27.5 Å². The molecule has 0 radical (unpaired) electrons. The molecular formula is C15H13BrClNO. The molecule has 0 saturated carbocycles. The molecule has 0 unspecified atom stereocenters. The Labute approximate surface area is 125 Å². The topological polar surface area (TPSA) is 22.1 Å². The van der Waals surface area contributed by atoms with Crippen molar-refractivity contribution in [3.8, 4) is 11.6 Å². The molecule has 1 aromatic carbocycles. The van der Waals surface area contributed by atoms with Crippen molar-refractivity contribution in [1.29, 1.82) is 0 Å². The van der Waals surface area contributed by atoms with Gasteiger partial charge >= 0.3 is 0 Å². The second kappa shape index (κ2) is 5.51. The summed E-state index contributed by atoms with van der Waals surface area (Å²) in [6.07, 6.45) is 5.28. The van der Waals surface area contributed by atoms with Crippen LogP contribution in [-0.4, -0.2) is 4.98 Å². The maximum absolute atomic E-state index is 5.92. The Hall–Kier alpha value is -1.06. The Morgan fingerprint density at radius 1 is 1.21 bits per heavy atom. The summed E-state index contributed by atoms with van der Waals surface area (Å²) in [5.41, 5.74) is 3.72. The third kappa shape index (κ3) is 2.77. The van der Waals surface area contributed by atoms with Crippen LogP contribution in [0.3, 0.4) is 0 Å². The second-order valence-electron chi connectivity index (χ2n) is 4.64. The summed E-state index contributed by atoms with van der Waals surface area (Å²) in [5.74, 6) is 1.80. The molecule has 19 heavy (non-hydrogen) atoms. The zero-order chi connectivity index (χ0) is 13.2. The number of nitrogens with zero attached hydrogens (tertiary/aromatic N) is 1. The number of fused-ring (bicyclic) bond motifs is 1. The van der Waals surface area contributed by atoms with Crippen LogP contribution in [0.1, 0.15) is 23.1 Å². The summed E-state index contributed by atoms with van der Waals surface area (Å²) in [6.45, 7) is 0. The molecule has 2 aromatic rings. The molecule has 4 heteroatoms. The molecule has 0 bridgehead atoms. The van der Waals surface area contributed by atoms with E-state index in [1.807, 2.05) is 12.1 Å². The first-order valence-electron chi connectivity index (χ1n) is 6.26. The maximum atomic E-state index is 5.92. The maximum Gasteiger partial charge on any atom is 0.223 e. The molecule has 0 saturated heterocycles. The van der Waals surface area contributed by atoms with E-state index in [0.29, 0.717) is 11.8 Å². The predicted octanol–water partition coefficient (Wildman–Crippen LogP) is 4.86. The van der Waals surface area contributed by atoms with E-state index in [1.54, 1.807) is 6.20 Å². The number of aryl methyl sites for hydroxylation is 2. The van der Waals surface area contributed by atoms with E-state index >= 15 is 0 Å². The van der Waals surface area contributed by atoms with Crippen molar-refractivity contribution in [3.63, 3.8) is 0 Å². The van der Waals surface area contributed by atoms with Gasteiger partial charge in [0.1, 0.15) is 5.75 Å². The van der Waals surface area contributed by atoms with E-state index in [0.717, 1.165) is 22.2 Å². The SMILES string of the molecule is ClCc1cc(Br)cnc1Oc1ccc2c(c1)CCC2. The number of halogens is 2. The zero-order valence-electron chi connectivity index (χ0n) is 10.3. The minimum atomic E-state index is 0.382. The van der Waals surface area contributed by atoms with Gasteiger partial charge in [-0.3, -0.25) is 0 Å². The average molecular weight is 339 g/mol. The van der Waals surface area contributed by atoms with Crippen LogP contribution in [-0.2, 0) is 18.7 Å². The molecule has 98 valence electrons. The van der Waals surface area contributed by atoms with Crippen molar-refractivity contribution < 1.29 is 4.74 Å². The van der Waals surface area contributed by atoms with Gasteiger partial charge < -0.3 is 4.74 Å². The van der Waals surface area contributed by atoms with E-state index in [4.69, 9.17) is 16.3 Å². The number of pyridine rings is 1. The van der Waals surface area contributed by atoms with Gasteiger partial charge in [0, 0.05) is 16.2 Å². The fraction of sp³-hybridized carbons (Fsp3) is 0.267. The molecule has 0 amide bonds. The minimum Gasteiger partial charge on any atom is -0.439 e. The zero-order valence-corrected chi connectivity index (χ0v) is 12.7. The van der Waals surface area contributed by atoms with Gasteiger partial charge in [0.2, 0.25) is 5.88 Å². The summed E-state index contributed by atoms with van der Waals surface area (Å²) < 4.78 is 6.77. The summed E-state index contributed by atoms with van der Waals surface area (Å²) >= 11 is 9.31. The molecule has 0 fully saturated rings. The van der Waals surface area contributed by atoms with Crippen LogP contribution in [0.4, 0.5) is 0 Å². The summed E-state index contributed by atoms with van der Waals surface area (Å²) in [6, 6.07) is 8.20.